The van der Waals surface area contributed by atoms with E-state index < -0.39 is 6.04 Å². The van der Waals surface area contributed by atoms with Gasteiger partial charge in [0.2, 0.25) is 11.8 Å². The van der Waals surface area contributed by atoms with Crippen LogP contribution < -0.4 is 21.7 Å². The Hall–Kier alpha value is -3.02. The van der Waals surface area contributed by atoms with E-state index in [0.29, 0.717) is 35.1 Å². The number of nitrogens with one attached hydrogen (secondary N) is 3. The number of thioether (sulfide) groups is 1. The Kier molecular flexibility index (Phi) is 11.1. The highest BCUT2D eigenvalue weighted by Gasteiger charge is 2.22. The predicted octanol–water partition coefficient (Wildman–Crippen LogP) is 3.63. The van der Waals surface area contributed by atoms with E-state index in [2.05, 4.69) is 20.9 Å². The lowest BCUT2D eigenvalue weighted by Crippen LogP contribution is -2.44. The fourth-order valence-corrected chi connectivity index (χ4v) is 4.30. The topological polar surface area (TPSA) is 126 Å². The molecule has 3 rings (SSSR count). The van der Waals surface area contributed by atoms with Crippen LogP contribution in [0.2, 0.25) is 0 Å². The van der Waals surface area contributed by atoms with Gasteiger partial charge in [-0.05, 0) is 54.3 Å². The molecule has 5 N–H and O–H groups in total. The van der Waals surface area contributed by atoms with Crippen LogP contribution in [-0.2, 0) is 16.1 Å². The summed E-state index contributed by atoms with van der Waals surface area (Å²) in [5.74, 6) is -0.0385. The summed E-state index contributed by atoms with van der Waals surface area (Å²) in [5, 5.41) is 10.7. The van der Waals surface area contributed by atoms with Gasteiger partial charge in [0, 0.05) is 35.7 Å². The number of thiazole rings is 1. The van der Waals surface area contributed by atoms with Gasteiger partial charge in [0.1, 0.15) is 6.04 Å². The summed E-state index contributed by atoms with van der Waals surface area (Å²) in [7, 11) is 0. The van der Waals surface area contributed by atoms with Gasteiger partial charge >= 0.3 is 0 Å². The van der Waals surface area contributed by atoms with E-state index in [0.717, 1.165) is 16.8 Å². The number of aromatic nitrogens is 1. The second kappa shape index (κ2) is 13.8. The third-order valence-electron chi connectivity index (χ3n) is 4.90. The van der Waals surface area contributed by atoms with Crippen molar-refractivity contribution >= 4 is 65.1 Å². The number of carbonyl (C=O) groups excluding carboxylic acids is 3. The van der Waals surface area contributed by atoms with E-state index in [9.17, 15) is 14.4 Å². The second-order valence-corrected chi connectivity index (χ2v) is 9.41. The molecule has 3 aromatic rings. The molecule has 0 aliphatic carbocycles. The number of benzene rings is 2. The largest absolute Gasteiger partial charge is 0.399 e. The number of amides is 3. The number of hydrogen-bond donors (Lipinski definition) is 4. The molecule has 11 heteroatoms. The van der Waals surface area contributed by atoms with Crippen LogP contribution in [0.1, 0.15) is 29.3 Å². The maximum absolute atomic E-state index is 13.0. The lowest BCUT2D eigenvalue weighted by atomic mass is 10.1. The first-order valence-corrected chi connectivity index (χ1v) is 12.9. The van der Waals surface area contributed by atoms with Gasteiger partial charge in [0.05, 0.1) is 5.69 Å². The van der Waals surface area contributed by atoms with Crippen LogP contribution in [0, 0.1) is 0 Å². The average Bonchev–Trinajstić information content (AvgIpc) is 3.29. The third-order valence-corrected chi connectivity index (χ3v) is 6.31. The summed E-state index contributed by atoms with van der Waals surface area (Å²) in [4.78, 5) is 41.3. The van der Waals surface area contributed by atoms with Gasteiger partial charge < -0.3 is 21.7 Å². The summed E-state index contributed by atoms with van der Waals surface area (Å²) in [5.41, 5.74) is 9.24. The van der Waals surface area contributed by atoms with Gasteiger partial charge in [-0.3, -0.25) is 14.4 Å². The second-order valence-electron chi connectivity index (χ2n) is 7.57. The zero-order chi connectivity index (χ0) is 24.5. The summed E-state index contributed by atoms with van der Waals surface area (Å²) in [6.07, 6.45) is 2.43. The molecule has 0 bridgehead atoms. The molecule has 1 atom stereocenters. The summed E-state index contributed by atoms with van der Waals surface area (Å²) in [6, 6.07) is 13.5. The number of hydrogen-bond acceptors (Lipinski definition) is 7. The van der Waals surface area contributed by atoms with Crippen molar-refractivity contribution in [1.82, 2.24) is 15.6 Å². The standard InChI is InChI=1S/C24H27N5O3S2.H2S/c1-15(30)26-13-16-4-3-5-18(12-16)21-14-34-24(28-21)29-23(32)20(10-11-33-2)27-22(31)17-6-8-19(25)9-7-17;/h3-9,12,14,20H,10-11,13,25H2,1-2H3,(H,26,30)(H,27,31)(H,28,29,32);1H2/t20-;/m0./s1. The van der Waals surface area contributed by atoms with E-state index in [1.807, 2.05) is 35.9 Å². The van der Waals surface area contributed by atoms with E-state index in [1.165, 1.54) is 18.3 Å². The molecular weight excluding hydrogens is 502 g/mol. The number of carbonyl (C=O) groups is 3. The molecule has 35 heavy (non-hydrogen) atoms. The molecular formula is C24H29N5O3S3. The van der Waals surface area contributed by atoms with Gasteiger partial charge in [-0.15, -0.1) is 11.3 Å². The van der Waals surface area contributed by atoms with Gasteiger partial charge in [-0.2, -0.15) is 25.3 Å². The highest BCUT2D eigenvalue weighted by atomic mass is 32.2. The van der Waals surface area contributed by atoms with Crippen molar-refractivity contribution in [3.05, 3.63) is 65.0 Å². The van der Waals surface area contributed by atoms with Gasteiger partial charge in [-0.25, -0.2) is 4.98 Å². The molecule has 1 aromatic heterocycles. The Morgan fingerprint density at radius 1 is 1.14 bits per heavy atom. The number of nitrogens with zero attached hydrogens (tertiary/aromatic N) is 1. The first-order valence-electron chi connectivity index (χ1n) is 10.6. The smallest absolute Gasteiger partial charge is 0.251 e. The predicted molar refractivity (Wildman–Crippen MR) is 149 cm³/mol. The van der Waals surface area contributed by atoms with Crippen LogP contribution in [0.15, 0.2) is 53.9 Å². The van der Waals surface area contributed by atoms with Crippen molar-refractivity contribution in [2.24, 2.45) is 0 Å². The maximum Gasteiger partial charge on any atom is 0.251 e. The van der Waals surface area contributed by atoms with Gasteiger partial charge in [-0.1, -0.05) is 18.2 Å². The molecule has 0 saturated heterocycles. The summed E-state index contributed by atoms with van der Waals surface area (Å²) in [6.45, 7) is 1.91. The molecule has 0 aliphatic rings. The molecule has 8 nitrogen and oxygen atoms in total. The zero-order valence-corrected chi connectivity index (χ0v) is 22.1. The molecule has 186 valence electrons. The van der Waals surface area contributed by atoms with Crippen molar-refractivity contribution in [2.45, 2.75) is 25.9 Å². The fraction of sp³-hybridized carbons (Fsp3) is 0.250. The molecule has 0 saturated carbocycles. The van der Waals surface area contributed by atoms with Gasteiger partial charge in [0.25, 0.3) is 5.91 Å². The quantitative estimate of drug-likeness (QED) is 0.296. The van der Waals surface area contributed by atoms with Crippen LogP contribution in [0.4, 0.5) is 10.8 Å². The molecule has 0 aliphatic heterocycles. The highest BCUT2D eigenvalue weighted by molar-refractivity contribution is 7.98. The SMILES string of the molecule is CSCC[C@H](NC(=O)c1ccc(N)cc1)C(=O)Nc1nc(-c2cccc(CNC(C)=O)c2)cs1.S. The van der Waals surface area contributed by atoms with E-state index >= 15 is 0 Å². The van der Waals surface area contributed by atoms with Crippen molar-refractivity contribution < 1.29 is 14.4 Å². The van der Waals surface area contributed by atoms with Crippen molar-refractivity contribution in [3.8, 4) is 11.3 Å². The lowest BCUT2D eigenvalue weighted by Gasteiger charge is -2.17. The lowest BCUT2D eigenvalue weighted by molar-refractivity contribution is -0.119. The highest BCUT2D eigenvalue weighted by Crippen LogP contribution is 2.26. The van der Waals surface area contributed by atoms with Gasteiger partial charge in [0.15, 0.2) is 5.13 Å². The molecule has 0 unspecified atom stereocenters. The normalized spacial score (nSPS) is 11.1. The molecule has 0 fully saturated rings. The number of nitrogen functional groups attached to an aromatic ring is 1. The van der Waals surface area contributed by atoms with Crippen LogP contribution in [-0.4, -0.2) is 40.8 Å². The minimum Gasteiger partial charge on any atom is -0.399 e. The third kappa shape index (κ3) is 8.61. The molecule has 2 aromatic carbocycles. The van der Waals surface area contributed by atoms with E-state index in [1.54, 1.807) is 36.0 Å². The number of rotatable bonds is 10. The van der Waals surface area contributed by atoms with E-state index in [-0.39, 0.29) is 31.2 Å². The summed E-state index contributed by atoms with van der Waals surface area (Å²) < 4.78 is 0. The Balaban J connectivity index is 0.00000432. The first kappa shape index (κ1) is 28.2. The average molecular weight is 532 g/mol. The Bertz CT molecular complexity index is 1150. The van der Waals surface area contributed by atoms with Crippen molar-refractivity contribution in [1.29, 1.82) is 0 Å². The maximum atomic E-state index is 13.0. The van der Waals surface area contributed by atoms with Crippen molar-refractivity contribution in [2.75, 3.05) is 23.1 Å². The van der Waals surface area contributed by atoms with Crippen LogP contribution in [0.5, 0.6) is 0 Å². The molecule has 0 radical (unpaired) electrons. The van der Waals surface area contributed by atoms with Crippen LogP contribution in [0.3, 0.4) is 0 Å². The minimum atomic E-state index is -0.703. The monoisotopic (exact) mass is 531 g/mol. The van der Waals surface area contributed by atoms with Crippen LogP contribution in [0.25, 0.3) is 11.3 Å². The molecule has 1 heterocycles. The zero-order valence-electron chi connectivity index (χ0n) is 19.5. The Labute approximate surface area is 219 Å². The Morgan fingerprint density at radius 2 is 1.89 bits per heavy atom. The van der Waals surface area contributed by atoms with Crippen LogP contribution >= 0.6 is 36.6 Å². The first-order chi connectivity index (χ1) is 16.4. The Morgan fingerprint density at radius 3 is 2.57 bits per heavy atom. The summed E-state index contributed by atoms with van der Waals surface area (Å²) >= 11 is 2.91. The molecule has 0 spiro atoms. The van der Waals surface area contributed by atoms with Crippen molar-refractivity contribution in [3.63, 3.8) is 0 Å². The van der Waals surface area contributed by atoms with E-state index in [4.69, 9.17) is 5.73 Å². The number of anilines is 2. The minimum absolute atomic E-state index is 0. The number of nitrogens with two attached hydrogens (primary N) is 1. The molecule has 3 amide bonds. The fourth-order valence-electron chi connectivity index (χ4n) is 3.10.